The highest BCUT2D eigenvalue weighted by Gasteiger charge is 2.15. The Morgan fingerprint density at radius 1 is 1.27 bits per heavy atom. The Balaban J connectivity index is 1.90. The Morgan fingerprint density at radius 2 is 2.13 bits per heavy atom. The first-order valence-corrected chi connectivity index (χ1v) is 5.48. The third kappa shape index (κ3) is 1.56. The van der Waals surface area contributed by atoms with Gasteiger partial charge in [0.1, 0.15) is 5.82 Å². The first kappa shape index (κ1) is 8.71. The van der Waals surface area contributed by atoms with Crippen LogP contribution >= 0.6 is 0 Å². The second-order valence-corrected chi connectivity index (χ2v) is 4.06. The standard InChI is InChI=1S/C11H14N4/c1-2-5-9(4-1)14-10-8-13-11-12-6-3-7-15(10)11/h3,6-9,14H,1-2,4-5H2. The van der Waals surface area contributed by atoms with Gasteiger partial charge in [-0.1, -0.05) is 12.8 Å². The maximum absolute atomic E-state index is 4.25. The Kier molecular flexibility index (Phi) is 2.05. The SMILES string of the molecule is c1cnc2ncc(NC3CCCC3)n2c1. The number of anilines is 1. The molecule has 1 aliphatic carbocycles. The van der Waals surface area contributed by atoms with Gasteiger partial charge in [-0.05, 0) is 18.9 Å². The fourth-order valence-electron chi connectivity index (χ4n) is 2.21. The van der Waals surface area contributed by atoms with E-state index in [0.29, 0.717) is 6.04 Å². The van der Waals surface area contributed by atoms with Crippen LogP contribution in [-0.4, -0.2) is 20.4 Å². The normalized spacial score (nSPS) is 17.3. The van der Waals surface area contributed by atoms with Gasteiger partial charge in [0, 0.05) is 18.4 Å². The number of imidazole rings is 1. The molecule has 3 rings (SSSR count). The molecule has 1 fully saturated rings. The van der Waals surface area contributed by atoms with Gasteiger partial charge in [-0.3, -0.25) is 4.40 Å². The maximum Gasteiger partial charge on any atom is 0.235 e. The van der Waals surface area contributed by atoms with Crippen LogP contribution in [0.3, 0.4) is 0 Å². The van der Waals surface area contributed by atoms with Crippen molar-refractivity contribution < 1.29 is 0 Å². The fraction of sp³-hybridized carbons (Fsp3) is 0.455. The van der Waals surface area contributed by atoms with Gasteiger partial charge in [-0.25, -0.2) is 9.97 Å². The summed E-state index contributed by atoms with van der Waals surface area (Å²) in [7, 11) is 0. The van der Waals surface area contributed by atoms with Gasteiger partial charge in [0.25, 0.3) is 0 Å². The molecule has 0 atom stereocenters. The average Bonchev–Trinajstić information content (AvgIpc) is 2.89. The van der Waals surface area contributed by atoms with Crippen LogP contribution in [0.2, 0.25) is 0 Å². The number of rotatable bonds is 2. The third-order valence-corrected chi connectivity index (χ3v) is 3.00. The first-order valence-electron chi connectivity index (χ1n) is 5.48. The lowest BCUT2D eigenvalue weighted by molar-refractivity contribution is 0.748. The monoisotopic (exact) mass is 202 g/mol. The van der Waals surface area contributed by atoms with Crippen molar-refractivity contribution in [2.24, 2.45) is 0 Å². The van der Waals surface area contributed by atoms with Crippen molar-refractivity contribution in [3.8, 4) is 0 Å². The van der Waals surface area contributed by atoms with E-state index in [1.165, 1.54) is 25.7 Å². The molecule has 2 aromatic heterocycles. The summed E-state index contributed by atoms with van der Waals surface area (Å²) < 4.78 is 2.00. The van der Waals surface area contributed by atoms with Crippen LogP contribution < -0.4 is 5.32 Å². The van der Waals surface area contributed by atoms with Gasteiger partial charge in [0.05, 0.1) is 6.20 Å². The van der Waals surface area contributed by atoms with Crippen LogP contribution in [-0.2, 0) is 0 Å². The molecular weight excluding hydrogens is 188 g/mol. The zero-order chi connectivity index (χ0) is 10.1. The number of hydrogen-bond donors (Lipinski definition) is 1. The molecule has 4 heteroatoms. The van der Waals surface area contributed by atoms with Gasteiger partial charge in [0.2, 0.25) is 5.78 Å². The molecule has 0 spiro atoms. The minimum Gasteiger partial charge on any atom is -0.367 e. The molecule has 4 nitrogen and oxygen atoms in total. The molecule has 0 bridgehead atoms. The predicted octanol–water partition coefficient (Wildman–Crippen LogP) is 2.08. The van der Waals surface area contributed by atoms with E-state index in [1.54, 1.807) is 6.20 Å². The summed E-state index contributed by atoms with van der Waals surface area (Å²) >= 11 is 0. The summed E-state index contributed by atoms with van der Waals surface area (Å²) in [6, 6.07) is 2.54. The predicted molar refractivity (Wildman–Crippen MR) is 58.9 cm³/mol. The fourth-order valence-corrected chi connectivity index (χ4v) is 2.21. The minimum atomic E-state index is 0.616. The highest BCUT2D eigenvalue weighted by atomic mass is 15.2. The van der Waals surface area contributed by atoms with Crippen molar-refractivity contribution in [2.45, 2.75) is 31.7 Å². The summed E-state index contributed by atoms with van der Waals surface area (Å²) in [4.78, 5) is 8.44. The van der Waals surface area contributed by atoms with Crippen LogP contribution in [0.15, 0.2) is 24.7 Å². The van der Waals surface area contributed by atoms with Crippen molar-refractivity contribution in [1.29, 1.82) is 0 Å². The van der Waals surface area contributed by atoms with Gasteiger partial charge in [0.15, 0.2) is 0 Å². The Bertz CT molecular complexity index is 456. The number of nitrogens with one attached hydrogen (secondary N) is 1. The number of fused-ring (bicyclic) bond motifs is 1. The van der Waals surface area contributed by atoms with Crippen molar-refractivity contribution in [3.05, 3.63) is 24.7 Å². The van der Waals surface area contributed by atoms with Crippen LogP contribution in [0.1, 0.15) is 25.7 Å². The Hall–Kier alpha value is -1.58. The molecule has 0 aliphatic heterocycles. The highest BCUT2D eigenvalue weighted by Crippen LogP contribution is 2.22. The molecule has 0 radical (unpaired) electrons. The lowest BCUT2D eigenvalue weighted by Gasteiger charge is -2.11. The number of hydrogen-bond acceptors (Lipinski definition) is 3. The van der Waals surface area contributed by atoms with E-state index in [9.17, 15) is 0 Å². The Morgan fingerprint density at radius 3 is 3.00 bits per heavy atom. The molecule has 0 amide bonds. The molecule has 0 unspecified atom stereocenters. The van der Waals surface area contributed by atoms with Crippen molar-refractivity contribution in [1.82, 2.24) is 14.4 Å². The van der Waals surface area contributed by atoms with Crippen LogP contribution in [0, 0.1) is 0 Å². The summed E-state index contributed by atoms with van der Waals surface area (Å²) in [5.41, 5.74) is 0. The van der Waals surface area contributed by atoms with E-state index in [4.69, 9.17) is 0 Å². The zero-order valence-corrected chi connectivity index (χ0v) is 8.56. The first-order chi connectivity index (χ1) is 7.43. The molecule has 1 N–H and O–H groups in total. The Labute approximate surface area is 88.4 Å². The summed E-state index contributed by atoms with van der Waals surface area (Å²) in [5.74, 6) is 1.82. The highest BCUT2D eigenvalue weighted by molar-refractivity contribution is 5.45. The molecule has 2 heterocycles. The van der Waals surface area contributed by atoms with E-state index < -0.39 is 0 Å². The van der Waals surface area contributed by atoms with E-state index in [0.717, 1.165) is 11.6 Å². The van der Waals surface area contributed by atoms with Crippen LogP contribution in [0.25, 0.3) is 5.78 Å². The summed E-state index contributed by atoms with van der Waals surface area (Å²) in [6.07, 6.45) is 10.8. The molecule has 0 aromatic carbocycles. The average molecular weight is 202 g/mol. The lowest BCUT2D eigenvalue weighted by Crippen LogP contribution is -2.15. The van der Waals surface area contributed by atoms with Crippen molar-refractivity contribution in [2.75, 3.05) is 5.32 Å². The van der Waals surface area contributed by atoms with Gasteiger partial charge in [-0.15, -0.1) is 0 Å². The van der Waals surface area contributed by atoms with Gasteiger partial charge in [-0.2, -0.15) is 0 Å². The summed E-state index contributed by atoms with van der Waals surface area (Å²) in [6.45, 7) is 0. The largest absolute Gasteiger partial charge is 0.367 e. The second-order valence-electron chi connectivity index (χ2n) is 4.06. The molecule has 78 valence electrons. The van der Waals surface area contributed by atoms with Gasteiger partial charge < -0.3 is 5.32 Å². The second kappa shape index (κ2) is 3.53. The minimum absolute atomic E-state index is 0.616. The maximum atomic E-state index is 4.25. The number of aromatic nitrogens is 3. The van der Waals surface area contributed by atoms with E-state index >= 15 is 0 Å². The van der Waals surface area contributed by atoms with E-state index in [2.05, 4.69) is 15.3 Å². The molecule has 1 aliphatic rings. The van der Waals surface area contributed by atoms with Crippen LogP contribution in [0.5, 0.6) is 0 Å². The van der Waals surface area contributed by atoms with E-state index in [1.807, 2.05) is 22.9 Å². The van der Waals surface area contributed by atoms with E-state index in [-0.39, 0.29) is 0 Å². The zero-order valence-electron chi connectivity index (χ0n) is 8.56. The molecular formula is C11H14N4. The lowest BCUT2D eigenvalue weighted by atomic mass is 10.2. The third-order valence-electron chi connectivity index (χ3n) is 3.00. The smallest absolute Gasteiger partial charge is 0.235 e. The molecule has 15 heavy (non-hydrogen) atoms. The van der Waals surface area contributed by atoms with Crippen molar-refractivity contribution in [3.63, 3.8) is 0 Å². The molecule has 0 saturated heterocycles. The van der Waals surface area contributed by atoms with Crippen LogP contribution in [0.4, 0.5) is 5.82 Å². The number of nitrogens with zero attached hydrogens (tertiary/aromatic N) is 3. The summed E-state index contributed by atoms with van der Waals surface area (Å²) in [5, 5.41) is 3.52. The molecule has 1 saturated carbocycles. The quantitative estimate of drug-likeness (QED) is 0.810. The van der Waals surface area contributed by atoms with Crippen molar-refractivity contribution >= 4 is 11.6 Å². The molecule has 2 aromatic rings. The van der Waals surface area contributed by atoms with Gasteiger partial charge >= 0.3 is 0 Å². The topological polar surface area (TPSA) is 42.2 Å².